The predicted molar refractivity (Wildman–Crippen MR) is 134 cm³/mol. The Kier molecular flexibility index (Phi) is 7.01. The summed E-state index contributed by atoms with van der Waals surface area (Å²) in [6.45, 7) is -0.102. The van der Waals surface area contributed by atoms with E-state index in [0.717, 1.165) is 24.8 Å². The Morgan fingerprint density at radius 2 is 1.82 bits per heavy atom. The molecule has 34 heavy (non-hydrogen) atoms. The van der Waals surface area contributed by atoms with Crippen LogP contribution in [0.4, 0.5) is 4.79 Å². The van der Waals surface area contributed by atoms with Crippen molar-refractivity contribution in [3.63, 3.8) is 0 Å². The quantitative estimate of drug-likeness (QED) is 0.199. The third-order valence-electron chi connectivity index (χ3n) is 5.24. The highest BCUT2D eigenvalue weighted by Gasteiger charge is 2.35. The van der Waals surface area contributed by atoms with Crippen molar-refractivity contribution >= 4 is 57.3 Å². The Morgan fingerprint density at radius 1 is 1.06 bits per heavy atom. The fourth-order valence-electron chi connectivity index (χ4n) is 3.52. The number of benzene rings is 3. The molecular formula is C25H21IN2O6. The van der Waals surface area contributed by atoms with E-state index in [1.165, 1.54) is 20.3 Å². The maximum atomic E-state index is 12.5. The van der Waals surface area contributed by atoms with Crippen molar-refractivity contribution in [1.82, 2.24) is 10.2 Å². The number of hydrogen-bond acceptors (Lipinski definition) is 6. The number of imide groups is 1. The van der Waals surface area contributed by atoms with E-state index in [4.69, 9.17) is 9.47 Å². The van der Waals surface area contributed by atoms with Gasteiger partial charge >= 0.3 is 12.0 Å². The van der Waals surface area contributed by atoms with Crippen molar-refractivity contribution in [1.29, 1.82) is 0 Å². The number of fused-ring (bicyclic) bond motifs is 1. The molecule has 4 rings (SSSR count). The molecule has 0 unspecified atom stereocenters. The first-order valence-corrected chi connectivity index (χ1v) is 11.4. The number of rotatable bonds is 7. The minimum atomic E-state index is -0.686. The minimum Gasteiger partial charge on any atom is -0.493 e. The van der Waals surface area contributed by atoms with Crippen LogP contribution in [0.5, 0.6) is 11.5 Å². The number of methoxy groups -OCH3 is 2. The summed E-state index contributed by atoms with van der Waals surface area (Å²) in [4.78, 5) is 36.9. The van der Waals surface area contributed by atoms with Crippen LogP contribution >= 0.6 is 22.6 Å². The van der Waals surface area contributed by atoms with Crippen LogP contribution in [0.25, 0.3) is 16.8 Å². The van der Waals surface area contributed by atoms with Crippen molar-refractivity contribution in [2.24, 2.45) is 0 Å². The summed E-state index contributed by atoms with van der Waals surface area (Å²) in [5, 5.41) is 4.78. The van der Waals surface area contributed by atoms with Crippen LogP contribution in [-0.4, -0.2) is 43.6 Å². The molecular weight excluding hydrogens is 551 g/mol. The van der Waals surface area contributed by atoms with Gasteiger partial charge in [-0.15, -0.1) is 0 Å². The molecule has 3 aromatic rings. The molecule has 1 aliphatic heterocycles. The van der Waals surface area contributed by atoms with Gasteiger partial charge in [-0.05, 0) is 68.8 Å². The van der Waals surface area contributed by atoms with Crippen LogP contribution < -0.4 is 14.8 Å². The summed E-state index contributed by atoms with van der Waals surface area (Å²) >= 11 is 2.13. The predicted octanol–water partition coefficient (Wildman–Crippen LogP) is 4.10. The Morgan fingerprint density at radius 3 is 2.56 bits per heavy atom. The van der Waals surface area contributed by atoms with Crippen LogP contribution in [0.3, 0.4) is 0 Å². The Labute approximate surface area is 209 Å². The lowest BCUT2D eigenvalue weighted by atomic mass is 10.1. The van der Waals surface area contributed by atoms with Crippen LogP contribution in [-0.2, 0) is 20.9 Å². The van der Waals surface area contributed by atoms with Gasteiger partial charge in [0.05, 0.1) is 17.8 Å². The number of nitrogens with zero attached hydrogens (tertiary/aromatic N) is 1. The molecule has 1 saturated heterocycles. The number of amides is 3. The second kappa shape index (κ2) is 10.1. The van der Waals surface area contributed by atoms with Gasteiger partial charge in [-0.1, -0.05) is 36.4 Å². The van der Waals surface area contributed by atoms with Crippen LogP contribution in [0, 0.1) is 3.57 Å². The lowest BCUT2D eigenvalue weighted by molar-refractivity contribution is -0.143. The van der Waals surface area contributed by atoms with Gasteiger partial charge in [-0.3, -0.25) is 9.59 Å². The molecule has 1 heterocycles. The highest BCUT2D eigenvalue weighted by atomic mass is 127. The summed E-state index contributed by atoms with van der Waals surface area (Å²) in [6, 6.07) is 17.1. The normalized spacial score (nSPS) is 14.4. The van der Waals surface area contributed by atoms with E-state index in [-0.39, 0.29) is 5.70 Å². The molecule has 0 bridgehead atoms. The molecule has 3 aromatic carbocycles. The second-order valence-corrected chi connectivity index (χ2v) is 8.62. The first-order valence-electron chi connectivity index (χ1n) is 10.3. The maximum absolute atomic E-state index is 12.5. The van der Waals surface area contributed by atoms with Gasteiger partial charge in [-0.25, -0.2) is 9.69 Å². The summed E-state index contributed by atoms with van der Waals surface area (Å²) in [7, 11) is 2.72. The van der Waals surface area contributed by atoms with E-state index < -0.39 is 24.5 Å². The topological polar surface area (TPSA) is 94.2 Å². The number of halogens is 1. The number of esters is 1. The third kappa shape index (κ3) is 4.98. The van der Waals surface area contributed by atoms with Gasteiger partial charge in [0.25, 0.3) is 5.91 Å². The van der Waals surface area contributed by atoms with Crippen LogP contribution in [0.1, 0.15) is 11.1 Å². The minimum absolute atomic E-state index is 0.0524. The standard InChI is InChI=1S/C25H21IN2O6/c1-32-21-12-16(11-20-24(30)28(25(31)27-20)13-22(29)33-2)10-19(26)23(21)34-14-15-7-8-17-5-3-4-6-18(17)9-15/h3-12H,13-14H2,1-2H3,(H,27,31)/b20-11+. The Bertz CT molecular complexity index is 1320. The van der Waals surface area contributed by atoms with Gasteiger partial charge in [0.1, 0.15) is 18.8 Å². The zero-order chi connectivity index (χ0) is 24.2. The maximum Gasteiger partial charge on any atom is 0.329 e. The zero-order valence-corrected chi connectivity index (χ0v) is 20.6. The smallest absolute Gasteiger partial charge is 0.329 e. The SMILES string of the molecule is COC(=O)CN1C(=O)N/C(=C/c2cc(I)c(OCc3ccc4ccccc4c3)c(OC)c2)C1=O. The second-order valence-electron chi connectivity index (χ2n) is 7.46. The van der Waals surface area contributed by atoms with Crippen molar-refractivity contribution in [3.8, 4) is 11.5 Å². The summed E-state index contributed by atoms with van der Waals surface area (Å²) in [5.41, 5.74) is 1.70. The van der Waals surface area contributed by atoms with E-state index >= 15 is 0 Å². The van der Waals surface area contributed by atoms with Gasteiger partial charge < -0.3 is 19.5 Å². The van der Waals surface area contributed by atoms with Gasteiger partial charge in [0.2, 0.25) is 0 Å². The first-order chi connectivity index (χ1) is 16.4. The number of carbonyl (C=O) groups is 3. The molecule has 0 atom stereocenters. The molecule has 174 valence electrons. The molecule has 0 saturated carbocycles. The van der Waals surface area contributed by atoms with E-state index in [9.17, 15) is 14.4 Å². The number of carbonyl (C=O) groups excluding carboxylic acids is 3. The van der Waals surface area contributed by atoms with Crippen molar-refractivity contribution in [3.05, 3.63) is 75.0 Å². The first kappa shape index (κ1) is 23.6. The van der Waals surface area contributed by atoms with E-state index in [1.807, 2.05) is 24.3 Å². The fraction of sp³-hybridized carbons (Fsp3) is 0.160. The average molecular weight is 572 g/mol. The molecule has 1 aliphatic rings. The fourth-order valence-corrected chi connectivity index (χ4v) is 4.30. The van der Waals surface area contributed by atoms with E-state index in [0.29, 0.717) is 23.7 Å². The molecule has 0 radical (unpaired) electrons. The number of hydrogen-bond donors (Lipinski definition) is 1. The van der Waals surface area contributed by atoms with Crippen LogP contribution in [0.2, 0.25) is 0 Å². The monoisotopic (exact) mass is 572 g/mol. The lowest BCUT2D eigenvalue weighted by Crippen LogP contribution is -2.36. The Hall–Kier alpha value is -3.60. The number of ether oxygens (including phenoxy) is 3. The molecule has 0 aromatic heterocycles. The molecule has 0 aliphatic carbocycles. The van der Waals surface area contributed by atoms with Gasteiger partial charge in [0, 0.05) is 0 Å². The highest BCUT2D eigenvalue weighted by Crippen LogP contribution is 2.35. The van der Waals surface area contributed by atoms with E-state index in [2.05, 4.69) is 56.9 Å². The highest BCUT2D eigenvalue weighted by molar-refractivity contribution is 14.1. The van der Waals surface area contributed by atoms with Crippen molar-refractivity contribution < 1.29 is 28.6 Å². The Balaban J connectivity index is 1.54. The average Bonchev–Trinajstić information content (AvgIpc) is 3.09. The lowest BCUT2D eigenvalue weighted by Gasteiger charge is -2.14. The number of nitrogens with one attached hydrogen (secondary N) is 1. The molecule has 9 heteroatoms. The third-order valence-corrected chi connectivity index (χ3v) is 6.04. The molecule has 3 amide bonds. The van der Waals surface area contributed by atoms with Crippen molar-refractivity contribution in [2.75, 3.05) is 20.8 Å². The molecule has 1 N–H and O–H groups in total. The molecule has 0 spiro atoms. The van der Waals surface area contributed by atoms with Gasteiger partial charge in [0.15, 0.2) is 11.5 Å². The van der Waals surface area contributed by atoms with E-state index in [1.54, 1.807) is 6.07 Å². The molecule has 8 nitrogen and oxygen atoms in total. The largest absolute Gasteiger partial charge is 0.493 e. The number of urea groups is 1. The van der Waals surface area contributed by atoms with Crippen molar-refractivity contribution in [2.45, 2.75) is 6.61 Å². The summed E-state index contributed by atoms with van der Waals surface area (Å²) < 4.78 is 16.9. The molecule has 1 fully saturated rings. The summed E-state index contributed by atoms with van der Waals surface area (Å²) in [5.74, 6) is -0.231. The van der Waals surface area contributed by atoms with Crippen LogP contribution in [0.15, 0.2) is 60.3 Å². The zero-order valence-electron chi connectivity index (χ0n) is 18.5. The van der Waals surface area contributed by atoms with Gasteiger partial charge in [-0.2, -0.15) is 0 Å². The summed E-state index contributed by atoms with van der Waals surface area (Å²) in [6.07, 6.45) is 1.52.